The van der Waals surface area contributed by atoms with E-state index in [-0.39, 0.29) is 23.7 Å². The Bertz CT molecular complexity index is 512. The van der Waals surface area contributed by atoms with Crippen LogP contribution in [-0.4, -0.2) is 26.1 Å². The Morgan fingerprint density at radius 1 is 1.13 bits per heavy atom. The number of aliphatic hydroxyl groups excluding tert-OH is 1. The van der Waals surface area contributed by atoms with Crippen LogP contribution in [0, 0.1) is 5.92 Å². The number of hydrogen-bond acceptors (Lipinski definition) is 2. The van der Waals surface area contributed by atoms with Gasteiger partial charge in [-0.05, 0) is 23.7 Å². The standard InChI is InChI=1S/C20H32O2Si/c1-17(11-10-16-21)19(22-23(5,6)20(2,3)4)15-14-18-12-8-7-9-13-18/h7-15,17,19,21H,16H2,1-6H3/b11-10+,15-14+/t17-,19+/m0/s1. The lowest BCUT2D eigenvalue weighted by Gasteiger charge is -2.39. The molecule has 23 heavy (non-hydrogen) atoms. The van der Waals surface area contributed by atoms with Gasteiger partial charge >= 0.3 is 0 Å². The second-order valence-corrected chi connectivity index (χ2v) is 12.3. The summed E-state index contributed by atoms with van der Waals surface area (Å²) < 4.78 is 6.60. The van der Waals surface area contributed by atoms with Crippen LogP contribution in [0.3, 0.4) is 0 Å². The van der Waals surface area contributed by atoms with Gasteiger partial charge in [-0.15, -0.1) is 0 Å². The SMILES string of the molecule is C[C@@H](/C=C/CO)[C@@H](/C=C/c1ccccc1)O[Si](C)(C)C(C)(C)C. The summed E-state index contributed by atoms with van der Waals surface area (Å²) in [6.45, 7) is 13.5. The fraction of sp³-hybridized carbons (Fsp3) is 0.500. The van der Waals surface area contributed by atoms with Crippen LogP contribution in [0.2, 0.25) is 18.1 Å². The maximum absolute atomic E-state index is 9.03. The van der Waals surface area contributed by atoms with Gasteiger partial charge in [-0.25, -0.2) is 0 Å². The molecule has 2 atom stereocenters. The van der Waals surface area contributed by atoms with E-state index in [1.165, 1.54) is 5.56 Å². The van der Waals surface area contributed by atoms with E-state index in [2.05, 4.69) is 65.1 Å². The molecule has 0 aliphatic carbocycles. The molecule has 1 aromatic rings. The summed E-state index contributed by atoms with van der Waals surface area (Å²) in [4.78, 5) is 0. The van der Waals surface area contributed by atoms with Crippen molar-refractivity contribution < 1.29 is 9.53 Å². The van der Waals surface area contributed by atoms with Crippen LogP contribution in [0.15, 0.2) is 48.6 Å². The molecule has 0 saturated heterocycles. The molecule has 0 bridgehead atoms. The number of rotatable bonds is 7. The van der Waals surface area contributed by atoms with Gasteiger partial charge in [0.05, 0.1) is 12.7 Å². The van der Waals surface area contributed by atoms with Gasteiger partial charge in [0.15, 0.2) is 8.32 Å². The largest absolute Gasteiger partial charge is 0.410 e. The molecular formula is C20H32O2Si. The van der Waals surface area contributed by atoms with Crippen molar-refractivity contribution in [3.63, 3.8) is 0 Å². The second-order valence-electron chi connectivity index (χ2n) is 7.58. The third-order valence-corrected chi connectivity index (χ3v) is 9.05. The van der Waals surface area contributed by atoms with Crippen molar-refractivity contribution in [1.82, 2.24) is 0 Å². The first kappa shape index (κ1) is 19.9. The fourth-order valence-corrected chi connectivity index (χ4v) is 3.32. The third-order valence-electron chi connectivity index (χ3n) is 4.58. The molecule has 0 spiro atoms. The summed E-state index contributed by atoms with van der Waals surface area (Å²) in [6, 6.07) is 10.3. The van der Waals surface area contributed by atoms with E-state index in [0.717, 1.165) is 0 Å². The van der Waals surface area contributed by atoms with E-state index in [9.17, 15) is 0 Å². The number of aliphatic hydroxyl groups is 1. The Labute approximate surface area is 143 Å². The summed E-state index contributed by atoms with van der Waals surface area (Å²) in [5.41, 5.74) is 1.18. The van der Waals surface area contributed by atoms with Crippen LogP contribution in [0.5, 0.6) is 0 Å². The average molecular weight is 333 g/mol. The molecule has 0 heterocycles. The van der Waals surface area contributed by atoms with Gasteiger partial charge in [0.1, 0.15) is 0 Å². The van der Waals surface area contributed by atoms with Crippen LogP contribution in [0.25, 0.3) is 6.08 Å². The Kier molecular flexibility index (Phi) is 7.45. The maximum atomic E-state index is 9.03. The quantitative estimate of drug-likeness (QED) is 0.544. The van der Waals surface area contributed by atoms with Crippen LogP contribution >= 0.6 is 0 Å². The van der Waals surface area contributed by atoms with E-state index >= 15 is 0 Å². The Balaban J connectivity index is 2.98. The summed E-state index contributed by atoms with van der Waals surface area (Å²) >= 11 is 0. The monoisotopic (exact) mass is 332 g/mol. The molecule has 1 N–H and O–H groups in total. The molecule has 128 valence electrons. The minimum absolute atomic E-state index is 0.0129. The molecular weight excluding hydrogens is 300 g/mol. The summed E-state index contributed by atoms with van der Waals surface area (Å²) in [7, 11) is -1.86. The molecule has 0 saturated carbocycles. The molecule has 0 fully saturated rings. The van der Waals surface area contributed by atoms with E-state index in [4.69, 9.17) is 9.53 Å². The van der Waals surface area contributed by atoms with Crippen LogP contribution in [-0.2, 0) is 4.43 Å². The highest BCUT2D eigenvalue weighted by atomic mass is 28.4. The Morgan fingerprint density at radius 3 is 2.26 bits per heavy atom. The predicted octanol–water partition coefficient (Wildman–Crippen LogP) is 5.27. The molecule has 1 rings (SSSR count). The van der Waals surface area contributed by atoms with Gasteiger partial charge in [0.25, 0.3) is 0 Å². The second kappa shape index (κ2) is 8.62. The van der Waals surface area contributed by atoms with Crippen molar-refractivity contribution in [3.05, 3.63) is 54.1 Å². The zero-order valence-electron chi connectivity index (χ0n) is 15.4. The first-order chi connectivity index (χ1) is 10.7. The van der Waals surface area contributed by atoms with Gasteiger partial charge in [-0.3, -0.25) is 0 Å². The van der Waals surface area contributed by atoms with Gasteiger partial charge < -0.3 is 9.53 Å². The highest BCUT2D eigenvalue weighted by Crippen LogP contribution is 2.38. The molecule has 0 amide bonds. The lowest BCUT2D eigenvalue weighted by molar-refractivity contribution is 0.190. The van der Waals surface area contributed by atoms with E-state index < -0.39 is 8.32 Å². The van der Waals surface area contributed by atoms with Crippen LogP contribution in [0.1, 0.15) is 33.3 Å². The summed E-state index contributed by atoms with van der Waals surface area (Å²) in [5.74, 6) is 0.219. The van der Waals surface area contributed by atoms with Crippen molar-refractivity contribution in [1.29, 1.82) is 0 Å². The molecule has 0 aromatic heterocycles. The molecule has 2 nitrogen and oxygen atoms in total. The van der Waals surface area contributed by atoms with Gasteiger partial charge in [0.2, 0.25) is 0 Å². The highest BCUT2D eigenvalue weighted by Gasteiger charge is 2.39. The minimum atomic E-state index is -1.86. The van der Waals surface area contributed by atoms with Crippen LogP contribution < -0.4 is 0 Å². The number of hydrogen-bond donors (Lipinski definition) is 1. The fourth-order valence-electron chi connectivity index (χ4n) is 1.99. The lowest BCUT2D eigenvalue weighted by atomic mass is 10.0. The number of benzene rings is 1. The molecule has 1 aromatic carbocycles. The van der Waals surface area contributed by atoms with Gasteiger partial charge in [-0.1, -0.05) is 82.3 Å². The Morgan fingerprint density at radius 2 is 1.74 bits per heavy atom. The summed E-state index contributed by atoms with van der Waals surface area (Å²) in [5, 5.41) is 9.20. The molecule has 0 unspecified atom stereocenters. The lowest BCUT2D eigenvalue weighted by Crippen LogP contribution is -2.44. The van der Waals surface area contributed by atoms with Crippen molar-refractivity contribution in [2.75, 3.05) is 6.61 Å². The first-order valence-corrected chi connectivity index (χ1v) is 11.3. The smallest absolute Gasteiger partial charge is 0.192 e. The molecule has 0 aliphatic heterocycles. The normalized spacial score (nSPS) is 16.1. The van der Waals surface area contributed by atoms with E-state index in [1.54, 1.807) is 6.08 Å². The maximum Gasteiger partial charge on any atom is 0.192 e. The van der Waals surface area contributed by atoms with Crippen molar-refractivity contribution in [2.45, 2.75) is 51.9 Å². The Hall–Kier alpha value is -1.16. The molecule has 3 heteroatoms. The average Bonchev–Trinajstić information content (AvgIpc) is 2.48. The molecule has 0 radical (unpaired) electrons. The van der Waals surface area contributed by atoms with Crippen molar-refractivity contribution >= 4 is 14.4 Å². The van der Waals surface area contributed by atoms with Gasteiger partial charge in [-0.2, -0.15) is 0 Å². The highest BCUT2D eigenvalue weighted by molar-refractivity contribution is 6.74. The van der Waals surface area contributed by atoms with Crippen molar-refractivity contribution in [3.8, 4) is 0 Å². The summed E-state index contributed by atoms with van der Waals surface area (Å²) in [6.07, 6.45) is 8.12. The van der Waals surface area contributed by atoms with E-state index in [0.29, 0.717) is 0 Å². The van der Waals surface area contributed by atoms with Gasteiger partial charge in [0, 0.05) is 5.92 Å². The van der Waals surface area contributed by atoms with E-state index in [1.807, 2.05) is 24.3 Å². The minimum Gasteiger partial charge on any atom is -0.410 e. The predicted molar refractivity (Wildman–Crippen MR) is 103 cm³/mol. The molecule has 0 aliphatic rings. The van der Waals surface area contributed by atoms with Crippen LogP contribution in [0.4, 0.5) is 0 Å². The van der Waals surface area contributed by atoms with Crippen molar-refractivity contribution in [2.24, 2.45) is 5.92 Å². The topological polar surface area (TPSA) is 29.5 Å². The first-order valence-electron chi connectivity index (χ1n) is 8.36. The zero-order chi connectivity index (χ0) is 17.5. The third kappa shape index (κ3) is 6.46. The zero-order valence-corrected chi connectivity index (χ0v) is 16.4.